The van der Waals surface area contributed by atoms with Gasteiger partial charge in [-0.05, 0) is 17.7 Å². The summed E-state index contributed by atoms with van der Waals surface area (Å²) in [7, 11) is 0. The minimum absolute atomic E-state index is 0.225. The molecular weight excluding hydrogens is 203 g/mol. The molecule has 0 fully saturated rings. The third-order valence-corrected chi connectivity index (χ3v) is 2.49. The summed E-state index contributed by atoms with van der Waals surface area (Å²) in [6.45, 7) is 0.766. The number of halogens is 1. The molecule has 0 aliphatic carbocycles. The van der Waals surface area contributed by atoms with Gasteiger partial charge < -0.3 is 5.73 Å². The highest BCUT2D eigenvalue weighted by atomic mass is 19.1. The first-order chi connectivity index (χ1) is 7.75. The number of rotatable bonds is 3. The number of nitrogens with zero attached hydrogens (tertiary/aromatic N) is 1. The molecular formula is C13H14FN2+. The molecule has 2 aromatic rings. The average molecular weight is 217 g/mol. The van der Waals surface area contributed by atoms with E-state index >= 15 is 0 Å². The van der Waals surface area contributed by atoms with Crippen LogP contribution in [0.4, 0.5) is 10.1 Å². The normalized spacial score (nSPS) is 10.3. The van der Waals surface area contributed by atoms with Crippen LogP contribution in [-0.2, 0) is 13.0 Å². The molecule has 0 saturated carbocycles. The number of aromatic nitrogens is 1. The second-order valence-electron chi connectivity index (χ2n) is 3.71. The fourth-order valence-corrected chi connectivity index (χ4v) is 1.60. The van der Waals surface area contributed by atoms with Crippen LogP contribution in [0.3, 0.4) is 0 Å². The Balaban J connectivity index is 2.05. The molecule has 0 bridgehead atoms. The molecule has 2 rings (SSSR count). The number of nitrogen functional groups attached to an aromatic ring is 1. The Bertz CT molecular complexity index is 469. The van der Waals surface area contributed by atoms with Gasteiger partial charge in [0.05, 0.1) is 0 Å². The van der Waals surface area contributed by atoms with Crippen molar-refractivity contribution < 1.29 is 8.96 Å². The number of hydrogen-bond donors (Lipinski definition) is 1. The Morgan fingerprint density at radius 3 is 2.56 bits per heavy atom. The molecule has 0 atom stereocenters. The van der Waals surface area contributed by atoms with Crippen LogP contribution in [0, 0.1) is 5.82 Å². The van der Waals surface area contributed by atoms with Crippen molar-refractivity contribution in [3.63, 3.8) is 0 Å². The minimum atomic E-state index is -0.225. The minimum Gasteiger partial charge on any atom is -0.399 e. The Hall–Kier alpha value is -1.90. The van der Waals surface area contributed by atoms with Gasteiger partial charge in [-0.2, -0.15) is 0 Å². The number of aryl methyl sites for hydroxylation is 2. The molecule has 2 N–H and O–H groups in total. The van der Waals surface area contributed by atoms with Crippen LogP contribution >= 0.6 is 0 Å². The summed E-state index contributed by atoms with van der Waals surface area (Å²) in [5.41, 5.74) is 6.66. The third-order valence-electron chi connectivity index (χ3n) is 2.49. The van der Waals surface area contributed by atoms with E-state index in [9.17, 15) is 4.39 Å². The summed E-state index contributed by atoms with van der Waals surface area (Å²) in [6, 6.07) is 10.7. The molecule has 0 spiro atoms. The van der Waals surface area contributed by atoms with E-state index in [1.165, 1.54) is 6.07 Å². The maximum atomic E-state index is 13.5. The Labute approximate surface area is 94.2 Å². The molecule has 1 aromatic heterocycles. The van der Waals surface area contributed by atoms with Crippen molar-refractivity contribution in [3.05, 3.63) is 60.2 Å². The van der Waals surface area contributed by atoms with Crippen LogP contribution in [0.2, 0.25) is 0 Å². The summed E-state index contributed by atoms with van der Waals surface area (Å²) in [5, 5.41) is 0. The van der Waals surface area contributed by atoms with Crippen LogP contribution in [0.1, 0.15) is 5.56 Å². The summed E-state index contributed by atoms with van der Waals surface area (Å²) >= 11 is 0. The molecule has 16 heavy (non-hydrogen) atoms. The Kier molecular flexibility index (Phi) is 3.15. The molecule has 82 valence electrons. The van der Waals surface area contributed by atoms with Gasteiger partial charge in [0.1, 0.15) is 5.82 Å². The number of nitrogens with two attached hydrogens (primary N) is 1. The van der Waals surface area contributed by atoms with Crippen molar-refractivity contribution in [1.82, 2.24) is 0 Å². The fourth-order valence-electron chi connectivity index (χ4n) is 1.60. The highest BCUT2D eigenvalue weighted by Crippen LogP contribution is 2.12. The van der Waals surface area contributed by atoms with Gasteiger partial charge in [-0.1, -0.05) is 12.1 Å². The van der Waals surface area contributed by atoms with Crippen LogP contribution in [0.5, 0.6) is 0 Å². The van der Waals surface area contributed by atoms with E-state index in [0.29, 0.717) is 17.7 Å². The molecule has 1 heterocycles. The van der Waals surface area contributed by atoms with Crippen molar-refractivity contribution in [2.45, 2.75) is 13.0 Å². The number of anilines is 1. The summed E-state index contributed by atoms with van der Waals surface area (Å²) in [6.07, 6.45) is 4.60. The average Bonchev–Trinajstić information content (AvgIpc) is 2.29. The zero-order valence-corrected chi connectivity index (χ0v) is 8.94. The Morgan fingerprint density at radius 1 is 1.12 bits per heavy atom. The zero-order chi connectivity index (χ0) is 11.4. The zero-order valence-electron chi connectivity index (χ0n) is 8.94. The number of benzene rings is 1. The van der Waals surface area contributed by atoms with Gasteiger partial charge in [0.25, 0.3) is 0 Å². The van der Waals surface area contributed by atoms with E-state index in [0.717, 1.165) is 6.54 Å². The van der Waals surface area contributed by atoms with E-state index in [4.69, 9.17) is 5.73 Å². The van der Waals surface area contributed by atoms with Crippen LogP contribution in [-0.4, -0.2) is 0 Å². The summed E-state index contributed by atoms with van der Waals surface area (Å²) < 4.78 is 15.5. The van der Waals surface area contributed by atoms with Gasteiger partial charge in [0.15, 0.2) is 18.9 Å². The first-order valence-electron chi connectivity index (χ1n) is 5.24. The molecule has 0 aliphatic rings. The van der Waals surface area contributed by atoms with Crippen molar-refractivity contribution in [1.29, 1.82) is 0 Å². The van der Waals surface area contributed by atoms with E-state index in [-0.39, 0.29) is 5.82 Å². The lowest BCUT2D eigenvalue weighted by Gasteiger charge is -2.01. The molecule has 3 heteroatoms. The molecule has 2 nitrogen and oxygen atoms in total. The van der Waals surface area contributed by atoms with Crippen LogP contribution in [0.15, 0.2) is 48.8 Å². The molecule has 0 unspecified atom stereocenters. The molecule has 0 aliphatic heterocycles. The molecule has 0 saturated heterocycles. The second kappa shape index (κ2) is 4.75. The van der Waals surface area contributed by atoms with E-state index < -0.39 is 0 Å². The van der Waals surface area contributed by atoms with E-state index in [1.54, 1.807) is 12.1 Å². The molecule has 1 aromatic carbocycles. The lowest BCUT2D eigenvalue weighted by Crippen LogP contribution is -2.33. The van der Waals surface area contributed by atoms with Crippen LogP contribution in [0.25, 0.3) is 0 Å². The van der Waals surface area contributed by atoms with Gasteiger partial charge >= 0.3 is 0 Å². The molecule has 0 amide bonds. The smallest absolute Gasteiger partial charge is 0.168 e. The van der Waals surface area contributed by atoms with E-state index in [1.807, 2.05) is 35.2 Å². The lowest BCUT2D eigenvalue weighted by molar-refractivity contribution is -0.696. The maximum Gasteiger partial charge on any atom is 0.168 e. The first-order valence-corrected chi connectivity index (χ1v) is 5.24. The first kappa shape index (κ1) is 10.6. The van der Waals surface area contributed by atoms with Gasteiger partial charge in [0, 0.05) is 24.2 Å². The van der Waals surface area contributed by atoms with Crippen molar-refractivity contribution in [2.75, 3.05) is 5.73 Å². The lowest BCUT2D eigenvalue weighted by atomic mass is 10.1. The highest BCUT2D eigenvalue weighted by molar-refractivity contribution is 5.40. The fraction of sp³-hybridized carbons (Fsp3) is 0.154. The van der Waals surface area contributed by atoms with Crippen molar-refractivity contribution in [3.8, 4) is 0 Å². The van der Waals surface area contributed by atoms with E-state index in [2.05, 4.69) is 0 Å². The van der Waals surface area contributed by atoms with Crippen LogP contribution < -0.4 is 10.3 Å². The SMILES string of the molecule is Nc1ccc(CC[n+]2ccccc2)c(F)c1. The molecule has 0 radical (unpaired) electrons. The predicted molar refractivity (Wildman–Crippen MR) is 61.2 cm³/mol. The van der Waals surface area contributed by atoms with Gasteiger partial charge in [-0.25, -0.2) is 8.96 Å². The standard InChI is InChI=1S/C13H14FN2/c14-13-10-12(15)5-4-11(13)6-9-16-7-2-1-3-8-16/h1-5,7-8,10H,6,9,15H2/q+1. The van der Waals surface area contributed by atoms with Gasteiger partial charge in [-0.3, -0.25) is 0 Å². The number of pyridine rings is 1. The summed E-state index contributed by atoms with van der Waals surface area (Å²) in [4.78, 5) is 0. The van der Waals surface area contributed by atoms with Crippen molar-refractivity contribution in [2.24, 2.45) is 0 Å². The highest BCUT2D eigenvalue weighted by Gasteiger charge is 2.05. The quantitative estimate of drug-likeness (QED) is 0.618. The Morgan fingerprint density at radius 2 is 1.88 bits per heavy atom. The third kappa shape index (κ3) is 2.57. The monoisotopic (exact) mass is 217 g/mol. The predicted octanol–water partition coefficient (Wildman–Crippen LogP) is 1.94. The summed E-state index contributed by atoms with van der Waals surface area (Å²) in [5.74, 6) is -0.225. The topological polar surface area (TPSA) is 29.9 Å². The number of hydrogen-bond acceptors (Lipinski definition) is 1. The second-order valence-corrected chi connectivity index (χ2v) is 3.71. The largest absolute Gasteiger partial charge is 0.399 e. The van der Waals surface area contributed by atoms with Gasteiger partial charge in [-0.15, -0.1) is 0 Å². The van der Waals surface area contributed by atoms with Gasteiger partial charge in [0.2, 0.25) is 0 Å². The van der Waals surface area contributed by atoms with Crippen molar-refractivity contribution >= 4 is 5.69 Å². The maximum absolute atomic E-state index is 13.5.